The molecule has 0 radical (unpaired) electrons. The first-order valence-corrected chi connectivity index (χ1v) is 13.0. The van der Waals surface area contributed by atoms with Crippen molar-refractivity contribution in [3.63, 3.8) is 0 Å². The third-order valence-corrected chi connectivity index (χ3v) is 8.27. The van der Waals surface area contributed by atoms with Crippen LogP contribution in [0.4, 0.5) is 5.95 Å². The Morgan fingerprint density at radius 2 is 1.94 bits per heavy atom. The maximum atomic E-state index is 13.0. The molecule has 174 valence electrons. The number of H-pyrrole nitrogens is 1. The fourth-order valence-corrected chi connectivity index (χ4v) is 6.14. The second kappa shape index (κ2) is 9.29. The molecule has 1 aliphatic heterocycles. The number of carbonyl (C=O) groups excluding carboxylic acids is 1. The van der Waals surface area contributed by atoms with Crippen LogP contribution in [0.5, 0.6) is 0 Å². The number of amides is 1. The van der Waals surface area contributed by atoms with Gasteiger partial charge in [0.15, 0.2) is 0 Å². The van der Waals surface area contributed by atoms with E-state index in [2.05, 4.69) is 41.2 Å². The van der Waals surface area contributed by atoms with E-state index in [4.69, 9.17) is 4.98 Å². The maximum absolute atomic E-state index is 13.0. The summed E-state index contributed by atoms with van der Waals surface area (Å²) in [5.41, 5.74) is 3.90. The molecule has 0 bridgehead atoms. The molecule has 2 aromatic heterocycles. The molecule has 0 unspecified atom stereocenters. The number of hydrogen-bond donors (Lipinski definition) is 2. The van der Waals surface area contributed by atoms with E-state index in [9.17, 15) is 9.59 Å². The molecule has 0 spiro atoms. The summed E-state index contributed by atoms with van der Waals surface area (Å²) >= 11 is 1.44. The summed E-state index contributed by atoms with van der Waals surface area (Å²) in [4.78, 5) is 35.9. The fourth-order valence-electron chi connectivity index (χ4n) is 5.24. The van der Waals surface area contributed by atoms with Gasteiger partial charge in [0.2, 0.25) is 11.9 Å². The highest BCUT2D eigenvalue weighted by Gasteiger charge is 2.30. The minimum atomic E-state index is -0.109. The van der Waals surface area contributed by atoms with Crippen molar-refractivity contribution < 1.29 is 4.79 Å². The van der Waals surface area contributed by atoms with Crippen LogP contribution < -0.4 is 15.8 Å². The van der Waals surface area contributed by atoms with E-state index < -0.39 is 0 Å². The van der Waals surface area contributed by atoms with Crippen LogP contribution in [0.1, 0.15) is 51.0 Å². The van der Waals surface area contributed by atoms with E-state index in [0.717, 1.165) is 60.4 Å². The molecule has 1 aliphatic carbocycles. The van der Waals surface area contributed by atoms with Crippen LogP contribution in [-0.2, 0) is 4.79 Å². The molecule has 5 rings (SSSR count). The predicted molar refractivity (Wildman–Crippen MR) is 135 cm³/mol. The van der Waals surface area contributed by atoms with Crippen LogP contribution in [0.2, 0.25) is 0 Å². The van der Waals surface area contributed by atoms with Gasteiger partial charge in [-0.05, 0) is 62.5 Å². The molecule has 3 heterocycles. The Hall–Kier alpha value is -2.67. The van der Waals surface area contributed by atoms with Gasteiger partial charge >= 0.3 is 0 Å². The van der Waals surface area contributed by atoms with E-state index in [-0.39, 0.29) is 17.4 Å². The zero-order valence-electron chi connectivity index (χ0n) is 19.4. The molecule has 2 fully saturated rings. The molecule has 2 aliphatic rings. The summed E-state index contributed by atoms with van der Waals surface area (Å²) < 4.78 is 0.648. The van der Waals surface area contributed by atoms with Gasteiger partial charge in [-0.2, -0.15) is 0 Å². The van der Waals surface area contributed by atoms with E-state index in [1.54, 1.807) is 0 Å². The highest BCUT2D eigenvalue weighted by atomic mass is 32.1. The summed E-state index contributed by atoms with van der Waals surface area (Å²) in [6.45, 7) is 5.75. The van der Waals surface area contributed by atoms with Gasteiger partial charge in [-0.1, -0.05) is 31.2 Å². The van der Waals surface area contributed by atoms with Gasteiger partial charge < -0.3 is 10.2 Å². The smallest absolute Gasteiger partial charge is 0.270 e. The second-order valence-corrected chi connectivity index (χ2v) is 10.7. The van der Waals surface area contributed by atoms with Crippen LogP contribution in [0, 0.1) is 18.8 Å². The van der Waals surface area contributed by atoms with Gasteiger partial charge in [-0.25, -0.2) is 4.98 Å². The Bertz CT molecular complexity index is 1210. The highest BCUT2D eigenvalue weighted by Crippen LogP contribution is 2.34. The molecule has 1 atom stereocenters. The number of rotatable bonds is 4. The first-order chi connectivity index (χ1) is 16.0. The van der Waals surface area contributed by atoms with Crippen LogP contribution in [0.25, 0.3) is 21.3 Å². The number of aryl methyl sites for hydroxylation is 1. The van der Waals surface area contributed by atoms with E-state index >= 15 is 0 Å². The van der Waals surface area contributed by atoms with Gasteiger partial charge in [-0.3, -0.25) is 14.6 Å². The Morgan fingerprint density at radius 3 is 2.73 bits per heavy atom. The number of carbonyl (C=O) groups is 1. The number of nitrogens with zero attached hydrogens (tertiary/aromatic N) is 2. The lowest BCUT2D eigenvalue weighted by Crippen LogP contribution is -2.47. The van der Waals surface area contributed by atoms with E-state index in [1.807, 2.05) is 17.5 Å². The van der Waals surface area contributed by atoms with Gasteiger partial charge in [0.25, 0.3) is 5.56 Å². The van der Waals surface area contributed by atoms with Crippen molar-refractivity contribution in [3.05, 3.63) is 45.6 Å². The first kappa shape index (κ1) is 22.1. The standard InChI is InChI=1S/C26H32N4O2S/c1-16-9-11-19(12-10-16)27-24(31)18-7-5-13-30(14-18)26-28-22-21(15-33-23(22)25(32)29-26)20-8-4-3-6-17(20)2/h3-4,6,8,15-16,18-19H,5,7,9-14H2,1-2H3,(H,27,31)(H,28,29,32)/t16?,18-,19?/m0/s1. The van der Waals surface area contributed by atoms with E-state index in [1.165, 1.54) is 24.2 Å². The van der Waals surface area contributed by atoms with Crippen molar-refractivity contribution in [1.82, 2.24) is 15.3 Å². The number of hydrogen-bond acceptors (Lipinski definition) is 5. The lowest BCUT2D eigenvalue weighted by atomic mass is 9.87. The minimum absolute atomic E-state index is 0.0718. The molecule has 1 aromatic carbocycles. The average molecular weight is 465 g/mol. The highest BCUT2D eigenvalue weighted by molar-refractivity contribution is 7.17. The minimum Gasteiger partial charge on any atom is -0.353 e. The van der Waals surface area contributed by atoms with Crippen molar-refractivity contribution in [2.75, 3.05) is 18.0 Å². The number of aromatic nitrogens is 2. The third kappa shape index (κ3) is 4.56. The lowest BCUT2D eigenvalue weighted by molar-refractivity contribution is -0.126. The van der Waals surface area contributed by atoms with Crippen molar-refractivity contribution in [2.24, 2.45) is 11.8 Å². The van der Waals surface area contributed by atoms with E-state index in [0.29, 0.717) is 23.2 Å². The van der Waals surface area contributed by atoms with Crippen LogP contribution in [-0.4, -0.2) is 35.0 Å². The number of nitrogens with one attached hydrogen (secondary N) is 2. The quantitative estimate of drug-likeness (QED) is 0.577. The van der Waals surface area contributed by atoms with Gasteiger partial charge in [0.1, 0.15) is 4.70 Å². The number of benzene rings is 1. The largest absolute Gasteiger partial charge is 0.353 e. The van der Waals surface area contributed by atoms with Crippen LogP contribution in [0.3, 0.4) is 0 Å². The fraction of sp³-hybridized carbons (Fsp3) is 0.500. The molecular weight excluding hydrogens is 432 g/mol. The van der Waals surface area contributed by atoms with Crippen LogP contribution >= 0.6 is 11.3 Å². The van der Waals surface area contributed by atoms with Crippen molar-refractivity contribution in [3.8, 4) is 11.1 Å². The number of thiophene rings is 1. The Kier molecular flexibility index (Phi) is 6.23. The summed E-state index contributed by atoms with van der Waals surface area (Å²) in [5.74, 6) is 1.42. The van der Waals surface area contributed by atoms with Crippen molar-refractivity contribution >= 4 is 33.4 Å². The molecule has 2 N–H and O–H groups in total. The molecule has 3 aromatic rings. The SMILES string of the molecule is Cc1ccccc1-c1csc2c(=O)[nH]c(N3CCC[C@H](C(=O)NC4CCC(C)CC4)C3)nc12. The van der Waals surface area contributed by atoms with Crippen molar-refractivity contribution in [1.29, 1.82) is 0 Å². The number of aromatic amines is 1. The first-order valence-electron chi connectivity index (χ1n) is 12.1. The van der Waals surface area contributed by atoms with Crippen LogP contribution in [0.15, 0.2) is 34.4 Å². The second-order valence-electron chi connectivity index (χ2n) is 9.78. The predicted octanol–water partition coefficient (Wildman–Crippen LogP) is 4.87. The van der Waals surface area contributed by atoms with Gasteiger partial charge in [0, 0.05) is 30.1 Å². The van der Waals surface area contributed by atoms with Gasteiger partial charge in [0.05, 0.1) is 11.4 Å². The zero-order chi connectivity index (χ0) is 22.9. The summed E-state index contributed by atoms with van der Waals surface area (Å²) in [7, 11) is 0. The Balaban J connectivity index is 1.37. The van der Waals surface area contributed by atoms with Gasteiger partial charge in [-0.15, -0.1) is 11.3 Å². The number of piperidine rings is 1. The summed E-state index contributed by atoms with van der Waals surface area (Å²) in [5, 5.41) is 5.32. The molecule has 6 nitrogen and oxygen atoms in total. The lowest BCUT2D eigenvalue weighted by Gasteiger charge is -2.34. The molecular formula is C26H32N4O2S. The normalized spacial score (nSPS) is 23.6. The molecule has 33 heavy (non-hydrogen) atoms. The number of fused-ring (bicyclic) bond motifs is 1. The molecule has 1 amide bonds. The average Bonchev–Trinajstić information content (AvgIpc) is 3.25. The summed E-state index contributed by atoms with van der Waals surface area (Å²) in [6, 6.07) is 8.49. The zero-order valence-corrected chi connectivity index (χ0v) is 20.2. The maximum Gasteiger partial charge on any atom is 0.270 e. The monoisotopic (exact) mass is 464 g/mol. The molecule has 1 saturated carbocycles. The third-order valence-electron chi connectivity index (χ3n) is 7.30. The van der Waals surface area contributed by atoms with Crippen molar-refractivity contribution in [2.45, 2.75) is 58.4 Å². The number of anilines is 1. The molecule has 7 heteroatoms. The Morgan fingerprint density at radius 1 is 1.15 bits per heavy atom. The topological polar surface area (TPSA) is 78.1 Å². The molecule has 1 saturated heterocycles. The Labute approximate surface area is 198 Å². The summed E-state index contributed by atoms with van der Waals surface area (Å²) in [6.07, 6.45) is 6.33.